The van der Waals surface area contributed by atoms with Gasteiger partial charge in [0, 0.05) is 18.3 Å². The van der Waals surface area contributed by atoms with E-state index in [1.54, 1.807) is 57.0 Å². The molecule has 0 aromatic heterocycles. The fraction of sp³-hybridized carbons (Fsp3) is 0.364. The standard InChI is InChI=1S/C22H28N2O4/c1-16-7-6-8-19(15-16)27-14-13-24(5)20(25)17-9-11-18(12-10-17)23-21(26)28-22(2,3)4/h6-12,15H,13-14H2,1-5H3,(H,23,26). The number of carbonyl (C=O) groups is 2. The lowest BCUT2D eigenvalue weighted by Gasteiger charge is -2.20. The number of ether oxygens (including phenoxy) is 2. The van der Waals surface area contributed by atoms with Crippen molar-refractivity contribution in [2.75, 3.05) is 25.5 Å². The molecule has 0 atom stereocenters. The highest BCUT2D eigenvalue weighted by molar-refractivity contribution is 5.95. The normalized spacial score (nSPS) is 10.9. The number of nitrogens with zero attached hydrogens (tertiary/aromatic N) is 1. The molecule has 0 saturated heterocycles. The van der Waals surface area contributed by atoms with Crippen LogP contribution in [0, 0.1) is 6.92 Å². The molecule has 2 aromatic rings. The van der Waals surface area contributed by atoms with E-state index >= 15 is 0 Å². The Morgan fingerprint density at radius 1 is 1.07 bits per heavy atom. The second-order valence-electron chi connectivity index (χ2n) is 7.60. The van der Waals surface area contributed by atoms with E-state index in [0.29, 0.717) is 24.4 Å². The number of nitrogens with one attached hydrogen (secondary N) is 1. The van der Waals surface area contributed by atoms with Crippen molar-refractivity contribution in [3.8, 4) is 5.75 Å². The summed E-state index contributed by atoms with van der Waals surface area (Å²) in [5.74, 6) is 0.676. The van der Waals surface area contributed by atoms with Crippen LogP contribution in [0.15, 0.2) is 48.5 Å². The maximum Gasteiger partial charge on any atom is 0.412 e. The van der Waals surface area contributed by atoms with Gasteiger partial charge in [-0.3, -0.25) is 10.1 Å². The van der Waals surface area contributed by atoms with Crippen LogP contribution in [-0.4, -0.2) is 42.7 Å². The predicted octanol–water partition coefficient (Wildman–Crippen LogP) is 4.49. The van der Waals surface area contributed by atoms with Crippen molar-refractivity contribution in [3.63, 3.8) is 0 Å². The van der Waals surface area contributed by atoms with Gasteiger partial charge < -0.3 is 14.4 Å². The van der Waals surface area contributed by atoms with Crippen molar-refractivity contribution in [2.45, 2.75) is 33.3 Å². The van der Waals surface area contributed by atoms with Crippen LogP contribution in [0.5, 0.6) is 5.75 Å². The number of amides is 2. The molecule has 0 unspecified atom stereocenters. The molecule has 6 heteroatoms. The summed E-state index contributed by atoms with van der Waals surface area (Å²) in [6.07, 6.45) is -0.531. The van der Waals surface area contributed by atoms with E-state index in [1.165, 1.54) is 0 Å². The number of aryl methyl sites for hydroxylation is 1. The van der Waals surface area contributed by atoms with Gasteiger partial charge in [0.1, 0.15) is 18.0 Å². The van der Waals surface area contributed by atoms with E-state index in [1.807, 2.05) is 31.2 Å². The van der Waals surface area contributed by atoms with Crippen LogP contribution < -0.4 is 10.1 Å². The molecule has 1 N–H and O–H groups in total. The van der Waals surface area contributed by atoms with E-state index in [0.717, 1.165) is 11.3 Å². The highest BCUT2D eigenvalue weighted by Crippen LogP contribution is 2.15. The molecule has 0 aliphatic rings. The fourth-order valence-electron chi connectivity index (χ4n) is 2.45. The van der Waals surface area contributed by atoms with E-state index in [4.69, 9.17) is 9.47 Å². The summed E-state index contributed by atoms with van der Waals surface area (Å²) in [4.78, 5) is 25.9. The Kier molecular flexibility index (Phi) is 7.04. The van der Waals surface area contributed by atoms with Gasteiger partial charge in [0.05, 0.1) is 6.54 Å². The zero-order valence-corrected chi connectivity index (χ0v) is 17.1. The van der Waals surface area contributed by atoms with Gasteiger partial charge in [0.25, 0.3) is 5.91 Å². The van der Waals surface area contributed by atoms with E-state index < -0.39 is 11.7 Å². The third-order valence-corrected chi connectivity index (χ3v) is 3.81. The highest BCUT2D eigenvalue weighted by atomic mass is 16.6. The van der Waals surface area contributed by atoms with Gasteiger partial charge in [0.2, 0.25) is 0 Å². The average molecular weight is 384 g/mol. The molecule has 2 rings (SSSR count). The Morgan fingerprint density at radius 3 is 2.36 bits per heavy atom. The van der Waals surface area contributed by atoms with Gasteiger partial charge in [-0.05, 0) is 69.7 Å². The third kappa shape index (κ3) is 6.95. The number of benzene rings is 2. The SMILES string of the molecule is Cc1cccc(OCCN(C)C(=O)c2ccc(NC(=O)OC(C)(C)C)cc2)c1. The Labute approximate surface area is 166 Å². The maximum atomic E-state index is 12.5. The van der Waals surface area contributed by atoms with Crippen molar-refractivity contribution in [1.82, 2.24) is 4.90 Å². The highest BCUT2D eigenvalue weighted by Gasteiger charge is 2.16. The van der Waals surface area contributed by atoms with Crippen LogP contribution in [-0.2, 0) is 4.74 Å². The summed E-state index contributed by atoms with van der Waals surface area (Å²) in [5, 5.41) is 2.64. The average Bonchev–Trinajstić information content (AvgIpc) is 2.60. The summed E-state index contributed by atoms with van der Waals surface area (Å²) < 4.78 is 10.9. The fourth-order valence-corrected chi connectivity index (χ4v) is 2.45. The Balaban J connectivity index is 1.85. The lowest BCUT2D eigenvalue weighted by atomic mass is 10.2. The quantitative estimate of drug-likeness (QED) is 0.797. The van der Waals surface area contributed by atoms with Crippen LogP contribution in [0.3, 0.4) is 0 Å². The lowest BCUT2D eigenvalue weighted by molar-refractivity contribution is 0.0635. The summed E-state index contributed by atoms with van der Waals surface area (Å²) >= 11 is 0. The van der Waals surface area contributed by atoms with Gasteiger partial charge in [-0.15, -0.1) is 0 Å². The number of hydrogen-bond acceptors (Lipinski definition) is 4. The Hall–Kier alpha value is -3.02. The zero-order chi connectivity index (χ0) is 20.7. The molecule has 0 saturated carbocycles. The molecule has 150 valence electrons. The predicted molar refractivity (Wildman–Crippen MR) is 110 cm³/mol. The lowest BCUT2D eigenvalue weighted by Crippen LogP contribution is -2.31. The molecular weight excluding hydrogens is 356 g/mol. The summed E-state index contributed by atoms with van der Waals surface area (Å²) in [7, 11) is 1.73. The molecule has 0 aliphatic carbocycles. The minimum absolute atomic E-state index is 0.114. The molecule has 0 aliphatic heterocycles. The van der Waals surface area contributed by atoms with Crippen molar-refractivity contribution in [1.29, 1.82) is 0 Å². The summed E-state index contributed by atoms with van der Waals surface area (Å²) in [6.45, 7) is 8.27. The first-order chi connectivity index (χ1) is 13.1. The summed E-state index contributed by atoms with van der Waals surface area (Å²) in [6, 6.07) is 14.5. The van der Waals surface area contributed by atoms with Crippen molar-refractivity contribution >= 4 is 17.7 Å². The third-order valence-electron chi connectivity index (χ3n) is 3.81. The smallest absolute Gasteiger partial charge is 0.412 e. The minimum atomic E-state index is -0.566. The number of hydrogen-bond donors (Lipinski definition) is 1. The zero-order valence-electron chi connectivity index (χ0n) is 17.1. The molecular formula is C22H28N2O4. The number of anilines is 1. The first-order valence-corrected chi connectivity index (χ1v) is 9.19. The maximum absolute atomic E-state index is 12.5. The molecule has 28 heavy (non-hydrogen) atoms. The first kappa shape index (κ1) is 21.3. The second-order valence-corrected chi connectivity index (χ2v) is 7.60. The topological polar surface area (TPSA) is 67.9 Å². The summed E-state index contributed by atoms with van der Waals surface area (Å²) in [5.41, 5.74) is 1.66. The van der Waals surface area contributed by atoms with Crippen LogP contribution in [0.25, 0.3) is 0 Å². The van der Waals surface area contributed by atoms with Gasteiger partial charge in [-0.2, -0.15) is 0 Å². The van der Waals surface area contributed by atoms with Crippen LogP contribution >= 0.6 is 0 Å². The first-order valence-electron chi connectivity index (χ1n) is 9.19. The van der Waals surface area contributed by atoms with Crippen molar-refractivity contribution < 1.29 is 19.1 Å². The number of carbonyl (C=O) groups excluding carboxylic acids is 2. The molecule has 0 spiro atoms. The molecule has 2 amide bonds. The molecule has 0 bridgehead atoms. The number of likely N-dealkylation sites (N-methyl/N-ethyl adjacent to an activating group) is 1. The van der Waals surface area contributed by atoms with E-state index in [-0.39, 0.29) is 5.91 Å². The van der Waals surface area contributed by atoms with Crippen molar-refractivity contribution in [3.05, 3.63) is 59.7 Å². The molecule has 0 heterocycles. The van der Waals surface area contributed by atoms with Gasteiger partial charge in [-0.25, -0.2) is 4.79 Å². The Bertz CT molecular complexity index is 810. The van der Waals surface area contributed by atoms with Crippen LogP contribution in [0.1, 0.15) is 36.7 Å². The molecule has 6 nitrogen and oxygen atoms in total. The van der Waals surface area contributed by atoms with Crippen LogP contribution in [0.4, 0.5) is 10.5 Å². The van der Waals surface area contributed by atoms with E-state index in [9.17, 15) is 9.59 Å². The number of rotatable bonds is 6. The van der Waals surface area contributed by atoms with Crippen LogP contribution in [0.2, 0.25) is 0 Å². The molecule has 2 aromatic carbocycles. The molecule has 0 fully saturated rings. The van der Waals surface area contributed by atoms with Gasteiger partial charge in [0.15, 0.2) is 0 Å². The monoisotopic (exact) mass is 384 g/mol. The van der Waals surface area contributed by atoms with Gasteiger partial charge >= 0.3 is 6.09 Å². The minimum Gasteiger partial charge on any atom is -0.492 e. The largest absolute Gasteiger partial charge is 0.492 e. The van der Waals surface area contributed by atoms with E-state index in [2.05, 4.69) is 5.32 Å². The van der Waals surface area contributed by atoms with Crippen molar-refractivity contribution in [2.24, 2.45) is 0 Å². The second kappa shape index (κ2) is 9.26. The Morgan fingerprint density at radius 2 is 1.75 bits per heavy atom. The van der Waals surface area contributed by atoms with Gasteiger partial charge in [-0.1, -0.05) is 12.1 Å². The molecule has 0 radical (unpaired) electrons.